The van der Waals surface area contributed by atoms with Gasteiger partial charge in [0.05, 0.1) is 0 Å². The number of aryl methyl sites for hydroxylation is 2. The van der Waals surface area contributed by atoms with Gasteiger partial charge in [0.15, 0.2) is 0 Å². The number of carbonyl (C=O) groups is 1. The van der Waals surface area contributed by atoms with E-state index in [0.29, 0.717) is 37.9 Å². The van der Waals surface area contributed by atoms with Crippen molar-refractivity contribution in [2.45, 2.75) is 88.9 Å². The van der Waals surface area contributed by atoms with E-state index in [0.717, 1.165) is 67.7 Å². The number of likely N-dealkylation sites (tertiary alicyclic amines) is 1. The summed E-state index contributed by atoms with van der Waals surface area (Å²) in [6.45, 7) is 3.29. The lowest BCUT2D eigenvalue weighted by atomic mass is 9.97. The third-order valence-corrected chi connectivity index (χ3v) is 7.93. The van der Waals surface area contributed by atoms with Crippen molar-refractivity contribution in [2.75, 3.05) is 18.4 Å². The number of fused-ring (bicyclic) bond motifs is 1. The van der Waals surface area contributed by atoms with Gasteiger partial charge in [-0.2, -0.15) is 0 Å². The van der Waals surface area contributed by atoms with Crippen LogP contribution in [0.15, 0.2) is 30.5 Å². The maximum absolute atomic E-state index is 15.1. The summed E-state index contributed by atoms with van der Waals surface area (Å²) in [5, 5.41) is 13.5. The Hall–Kier alpha value is -2.54. The first-order chi connectivity index (χ1) is 17.0. The number of aliphatic carboxylic acids is 1. The van der Waals surface area contributed by atoms with Crippen molar-refractivity contribution in [1.29, 1.82) is 0 Å². The van der Waals surface area contributed by atoms with Crippen molar-refractivity contribution in [3.05, 3.63) is 53.0 Å². The highest BCUT2D eigenvalue weighted by molar-refractivity contribution is 5.76. The molecule has 0 bridgehead atoms. The van der Waals surface area contributed by atoms with E-state index in [1.165, 1.54) is 5.56 Å². The van der Waals surface area contributed by atoms with Gasteiger partial charge in [-0.3, -0.25) is 14.7 Å². The first-order valence-corrected chi connectivity index (χ1v) is 13.3. The smallest absolute Gasteiger partial charge is 0.325 e. The summed E-state index contributed by atoms with van der Waals surface area (Å²) in [6, 6.07) is 7.72. The Labute approximate surface area is 207 Å². The molecular weight excluding hydrogens is 443 g/mol. The normalized spacial score (nSPS) is 23.9. The van der Waals surface area contributed by atoms with Crippen LogP contribution in [-0.2, 0) is 17.6 Å². The van der Waals surface area contributed by atoms with Gasteiger partial charge in [-0.05, 0) is 82.5 Å². The Bertz CT molecular complexity index is 1040. The number of carboxylic acid groups (broad SMARTS) is 1. The first-order valence-electron chi connectivity index (χ1n) is 13.3. The Balaban J connectivity index is 1.12. The molecule has 4 atom stereocenters. The molecule has 2 aromatic heterocycles. The van der Waals surface area contributed by atoms with Gasteiger partial charge in [-0.15, -0.1) is 0 Å². The number of carboxylic acids is 1. The number of rotatable bonds is 10. The van der Waals surface area contributed by atoms with Crippen LogP contribution in [-0.4, -0.2) is 51.2 Å². The number of halogens is 1. The fourth-order valence-electron chi connectivity index (χ4n) is 5.74. The standard InChI is InChI=1S/C28H37FN4O2/c1-18-8-9-20-12-13-22(32-27(20)31-18)5-2-3-7-24(29)21-14-16-33(17-21)26(28(34)35)23-6-4-15-30-25(23)19-10-11-19/h4,6,12-13,15,18-19,21,24,26H,2-3,5,7-11,14,16-17H2,1H3,(H,31,32)(H,34,35)/t18-,21-,24?,26+/m1/s1. The van der Waals surface area contributed by atoms with E-state index in [9.17, 15) is 9.90 Å². The summed E-state index contributed by atoms with van der Waals surface area (Å²) >= 11 is 0. The van der Waals surface area contributed by atoms with Crippen LogP contribution < -0.4 is 5.32 Å². The van der Waals surface area contributed by atoms with Gasteiger partial charge in [0.2, 0.25) is 0 Å². The summed E-state index contributed by atoms with van der Waals surface area (Å²) < 4.78 is 15.1. The zero-order valence-electron chi connectivity index (χ0n) is 20.6. The lowest BCUT2D eigenvalue weighted by Crippen LogP contribution is -2.34. The van der Waals surface area contributed by atoms with Crippen LogP contribution in [0.3, 0.4) is 0 Å². The number of hydrogen-bond acceptors (Lipinski definition) is 5. The van der Waals surface area contributed by atoms with Gasteiger partial charge in [-0.1, -0.05) is 18.6 Å². The van der Waals surface area contributed by atoms with Gasteiger partial charge in [0, 0.05) is 47.6 Å². The van der Waals surface area contributed by atoms with E-state index in [4.69, 9.17) is 4.98 Å². The second-order valence-corrected chi connectivity index (χ2v) is 10.7. The highest BCUT2D eigenvalue weighted by Gasteiger charge is 2.39. The molecule has 0 aromatic carbocycles. The molecule has 2 aliphatic heterocycles. The minimum Gasteiger partial charge on any atom is -0.480 e. The summed E-state index contributed by atoms with van der Waals surface area (Å²) in [4.78, 5) is 23.5. The second-order valence-electron chi connectivity index (χ2n) is 10.7. The third kappa shape index (κ3) is 5.66. The van der Waals surface area contributed by atoms with Crippen molar-refractivity contribution in [3.8, 4) is 0 Å². The van der Waals surface area contributed by atoms with Crippen molar-refractivity contribution in [3.63, 3.8) is 0 Å². The Morgan fingerprint density at radius 2 is 2.09 bits per heavy atom. The van der Waals surface area contributed by atoms with E-state index < -0.39 is 18.2 Å². The number of hydrogen-bond donors (Lipinski definition) is 2. The van der Waals surface area contributed by atoms with Crippen LogP contribution in [0.5, 0.6) is 0 Å². The molecule has 35 heavy (non-hydrogen) atoms. The maximum atomic E-state index is 15.1. The largest absolute Gasteiger partial charge is 0.480 e. The Morgan fingerprint density at radius 3 is 2.89 bits per heavy atom. The maximum Gasteiger partial charge on any atom is 0.325 e. The number of aromatic nitrogens is 2. The predicted molar refractivity (Wildman–Crippen MR) is 134 cm³/mol. The van der Waals surface area contributed by atoms with E-state index in [1.807, 2.05) is 17.0 Å². The Kier molecular flexibility index (Phi) is 7.32. The molecule has 1 saturated carbocycles. The van der Waals surface area contributed by atoms with Crippen LogP contribution >= 0.6 is 0 Å². The minimum atomic E-state index is -0.898. The molecule has 3 aliphatic rings. The molecule has 1 unspecified atom stereocenters. The molecule has 0 amide bonds. The third-order valence-electron chi connectivity index (χ3n) is 7.93. The zero-order valence-corrected chi connectivity index (χ0v) is 20.6. The van der Waals surface area contributed by atoms with Crippen molar-refractivity contribution >= 4 is 11.8 Å². The fourth-order valence-corrected chi connectivity index (χ4v) is 5.74. The molecule has 6 nitrogen and oxygen atoms in total. The molecule has 0 radical (unpaired) electrons. The highest BCUT2D eigenvalue weighted by atomic mass is 19.1. The summed E-state index contributed by atoms with van der Waals surface area (Å²) in [6.07, 6.45) is 9.03. The summed E-state index contributed by atoms with van der Waals surface area (Å²) in [7, 11) is 0. The molecule has 188 valence electrons. The van der Waals surface area contributed by atoms with Crippen LogP contribution in [0.4, 0.5) is 10.2 Å². The lowest BCUT2D eigenvalue weighted by Gasteiger charge is -2.26. The summed E-state index contributed by atoms with van der Waals surface area (Å²) in [5.41, 5.74) is 4.07. The second kappa shape index (κ2) is 10.6. The van der Waals surface area contributed by atoms with E-state index in [-0.39, 0.29) is 5.92 Å². The summed E-state index contributed by atoms with van der Waals surface area (Å²) in [5.74, 6) is 0.425. The zero-order chi connectivity index (χ0) is 24.4. The van der Waals surface area contributed by atoms with Gasteiger partial charge in [0.1, 0.15) is 18.0 Å². The molecule has 2 fully saturated rings. The minimum absolute atomic E-state index is 0.106. The van der Waals surface area contributed by atoms with E-state index >= 15 is 4.39 Å². The molecule has 5 rings (SSSR count). The average molecular weight is 481 g/mol. The lowest BCUT2D eigenvalue weighted by molar-refractivity contribution is -0.143. The quantitative estimate of drug-likeness (QED) is 0.450. The molecule has 0 spiro atoms. The molecule has 1 aliphatic carbocycles. The van der Waals surface area contributed by atoms with Crippen molar-refractivity contribution in [2.24, 2.45) is 5.92 Å². The van der Waals surface area contributed by atoms with Crippen LogP contribution in [0.25, 0.3) is 0 Å². The molecule has 2 N–H and O–H groups in total. The van der Waals surface area contributed by atoms with Crippen LogP contribution in [0, 0.1) is 5.92 Å². The number of alkyl halides is 1. The van der Waals surface area contributed by atoms with E-state index in [1.54, 1.807) is 6.20 Å². The Morgan fingerprint density at radius 1 is 1.23 bits per heavy atom. The van der Waals surface area contributed by atoms with Crippen molar-refractivity contribution < 1.29 is 14.3 Å². The van der Waals surface area contributed by atoms with E-state index in [2.05, 4.69) is 29.4 Å². The molecular formula is C28H37FN4O2. The molecule has 1 saturated heterocycles. The highest BCUT2D eigenvalue weighted by Crippen LogP contribution is 2.43. The van der Waals surface area contributed by atoms with Crippen LogP contribution in [0.2, 0.25) is 0 Å². The average Bonchev–Trinajstić information content (AvgIpc) is 3.59. The topological polar surface area (TPSA) is 78.4 Å². The molecule has 4 heterocycles. The number of nitrogens with one attached hydrogen (secondary N) is 1. The SMILES string of the molecule is C[C@@H]1CCc2ccc(CCCCC(F)[C@@H]3CCN([C@H](C(=O)O)c4cccnc4C4CC4)C3)nc2N1. The molecule has 7 heteroatoms. The number of unbranched alkanes of at least 4 members (excludes halogenated alkanes) is 1. The number of nitrogens with zero attached hydrogens (tertiary/aromatic N) is 3. The van der Waals surface area contributed by atoms with Gasteiger partial charge >= 0.3 is 5.97 Å². The number of anilines is 1. The van der Waals surface area contributed by atoms with Crippen LogP contribution in [0.1, 0.15) is 86.3 Å². The van der Waals surface area contributed by atoms with Crippen molar-refractivity contribution in [1.82, 2.24) is 14.9 Å². The molecule has 2 aromatic rings. The number of pyridine rings is 2. The van der Waals surface area contributed by atoms with Gasteiger partial charge in [0.25, 0.3) is 0 Å². The monoisotopic (exact) mass is 480 g/mol. The first kappa shape index (κ1) is 24.2. The predicted octanol–water partition coefficient (Wildman–Crippen LogP) is 5.30. The van der Waals surface area contributed by atoms with Gasteiger partial charge in [-0.25, -0.2) is 9.37 Å². The van der Waals surface area contributed by atoms with Gasteiger partial charge < -0.3 is 10.4 Å². The fraction of sp³-hybridized carbons (Fsp3) is 0.607.